The summed E-state index contributed by atoms with van der Waals surface area (Å²) in [5.74, 6) is 1.83. The minimum absolute atomic E-state index is 0.00360. The largest absolute Gasteiger partial charge is 0.488 e. The van der Waals surface area contributed by atoms with Crippen molar-refractivity contribution in [2.24, 2.45) is 0 Å². The summed E-state index contributed by atoms with van der Waals surface area (Å²) in [5, 5.41) is 5.95. The zero-order valence-corrected chi connectivity index (χ0v) is 15.5. The number of hydrogen-bond acceptors (Lipinski definition) is 4. The fourth-order valence-electron chi connectivity index (χ4n) is 3.95. The molecule has 0 spiro atoms. The number of benzene rings is 1. The Morgan fingerprint density at radius 3 is 2.74 bits per heavy atom. The standard InChI is InChI=1S/C21H27N3O3/c25-21(22-14-17-13-16-7-2-3-8-19(16)27-17)23-15-18(20-9-6-12-26-20)24-10-4-1-5-11-24/h2-3,6-9,12,17-18H,1,4-5,10-11,13-15H2,(H2,22,23,25). The number of carbonyl (C=O) groups excluding carboxylic acids is 1. The molecule has 4 rings (SSSR count). The number of hydrogen-bond donors (Lipinski definition) is 2. The average molecular weight is 369 g/mol. The van der Waals surface area contributed by atoms with E-state index in [-0.39, 0.29) is 18.2 Å². The van der Waals surface area contributed by atoms with Crippen molar-refractivity contribution in [3.63, 3.8) is 0 Å². The molecule has 0 radical (unpaired) electrons. The highest BCUT2D eigenvalue weighted by Gasteiger charge is 2.26. The Kier molecular flexibility index (Phi) is 5.63. The molecule has 6 heteroatoms. The van der Waals surface area contributed by atoms with Gasteiger partial charge in [0.2, 0.25) is 0 Å². The Morgan fingerprint density at radius 2 is 1.96 bits per heavy atom. The molecule has 1 saturated heterocycles. The number of furan rings is 1. The van der Waals surface area contributed by atoms with Gasteiger partial charge >= 0.3 is 6.03 Å². The number of ether oxygens (including phenoxy) is 1. The molecule has 2 aliphatic rings. The molecule has 0 bridgehead atoms. The number of urea groups is 1. The molecule has 2 N–H and O–H groups in total. The predicted octanol–water partition coefficient (Wildman–Crippen LogP) is 3.11. The first-order chi connectivity index (χ1) is 13.3. The number of nitrogens with one attached hydrogen (secondary N) is 2. The number of para-hydroxylation sites is 1. The van der Waals surface area contributed by atoms with Crippen molar-refractivity contribution in [3.8, 4) is 5.75 Å². The van der Waals surface area contributed by atoms with E-state index in [0.717, 1.165) is 31.0 Å². The van der Waals surface area contributed by atoms with E-state index in [9.17, 15) is 4.79 Å². The van der Waals surface area contributed by atoms with Gasteiger partial charge < -0.3 is 19.8 Å². The molecule has 2 unspecified atom stereocenters. The van der Waals surface area contributed by atoms with Crippen LogP contribution in [-0.4, -0.2) is 43.2 Å². The Balaban J connectivity index is 1.26. The van der Waals surface area contributed by atoms with Crippen molar-refractivity contribution in [3.05, 3.63) is 54.0 Å². The first kappa shape index (κ1) is 17.9. The van der Waals surface area contributed by atoms with Crippen LogP contribution in [0.5, 0.6) is 5.75 Å². The van der Waals surface area contributed by atoms with Gasteiger partial charge in [-0.2, -0.15) is 0 Å². The van der Waals surface area contributed by atoms with Crippen LogP contribution >= 0.6 is 0 Å². The lowest BCUT2D eigenvalue weighted by molar-refractivity contribution is 0.143. The molecule has 2 aliphatic heterocycles. The van der Waals surface area contributed by atoms with Crippen LogP contribution in [-0.2, 0) is 6.42 Å². The lowest BCUT2D eigenvalue weighted by Gasteiger charge is -2.33. The topological polar surface area (TPSA) is 66.7 Å². The lowest BCUT2D eigenvalue weighted by Crippen LogP contribution is -2.45. The molecule has 2 atom stereocenters. The Bertz CT molecular complexity index is 716. The molecule has 27 heavy (non-hydrogen) atoms. The van der Waals surface area contributed by atoms with E-state index in [1.807, 2.05) is 30.3 Å². The molecule has 1 fully saturated rings. The first-order valence-corrected chi connectivity index (χ1v) is 9.83. The summed E-state index contributed by atoms with van der Waals surface area (Å²) in [6, 6.07) is 11.8. The van der Waals surface area contributed by atoms with E-state index in [2.05, 4.69) is 21.6 Å². The molecular weight excluding hydrogens is 342 g/mol. The van der Waals surface area contributed by atoms with Crippen molar-refractivity contribution in [1.29, 1.82) is 0 Å². The maximum atomic E-state index is 12.3. The van der Waals surface area contributed by atoms with Gasteiger partial charge in [-0.15, -0.1) is 0 Å². The van der Waals surface area contributed by atoms with Crippen LogP contribution in [0.2, 0.25) is 0 Å². The first-order valence-electron chi connectivity index (χ1n) is 9.83. The summed E-state index contributed by atoms with van der Waals surface area (Å²) in [7, 11) is 0. The quantitative estimate of drug-likeness (QED) is 0.821. The number of piperidine rings is 1. The highest BCUT2D eigenvalue weighted by atomic mass is 16.5. The van der Waals surface area contributed by atoms with E-state index < -0.39 is 0 Å². The molecule has 0 aliphatic carbocycles. The smallest absolute Gasteiger partial charge is 0.314 e. The fourth-order valence-corrected chi connectivity index (χ4v) is 3.95. The average Bonchev–Trinajstić information content (AvgIpc) is 3.37. The molecule has 1 aromatic heterocycles. The third kappa shape index (κ3) is 4.45. The maximum Gasteiger partial charge on any atom is 0.314 e. The van der Waals surface area contributed by atoms with E-state index in [4.69, 9.17) is 9.15 Å². The SMILES string of the molecule is O=C(NCC1Cc2ccccc2O1)NCC(c1ccco1)N1CCCCC1. The monoisotopic (exact) mass is 369 g/mol. The number of rotatable bonds is 6. The molecular formula is C21H27N3O3. The van der Waals surface area contributed by atoms with Crippen molar-refractivity contribution in [2.45, 2.75) is 37.8 Å². The zero-order valence-electron chi connectivity index (χ0n) is 15.5. The van der Waals surface area contributed by atoms with Crippen molar-refractivity contribution >= 4 is 6.03 Å². The maximum absolute atomic E-state index is 12.3. The highest BCUT2D eigenvalue weighted by Crippen LogP contribution is 2.28. The second kappa shape index (κ2) is 8.48. The highest BCUT2D eigenvalue weighted by molar-refractivity contribution is 5.73. The number of fused-ring (bicyclic) bond motifs is 1. The second-order valence-corrected chi connectivity index (χ2v) is 7.27. The van der Waals surface area contributed by atoms with Crippen molar-refractivity contribution in [1.82, 2.24) is 15.5 Å². The van der Waals surface area contributed by atoms with Crippen LogP contribution in [0.4, 0.5) is 4.79 Å². The van der Waals surface area contributed by atoms with Crippen LogP contribution in [0.3, 0.4) is 0 Å². The summed E-state index contributed by atoms with van der Waals surface area (Å²) >= 11 is 0. The normalized spacial score (nSPS) is 20.5. The Hall–Kier alpha value is -2.47. The lowest BCUT2D eigenvalue weighted by atomic mass is 10.1. The van der Waals surface area contributed by atoms with Crippen LogP contribution < -0.4 is 15.4 Å². The van der Waals surface area contributed by atoms with Crippen LogP contribution in [0.1, 0.15) is 36.6 Å². The Morgan fingerprint density at radius 1 is 1.11 bits per heavy atom. The van der Waals surface area contributed by atoms with E-state index in [1.165, 1.54) is 24.8 Å². The summed E-state index contributed by atoms with van der Waals surface area (Å²) in [4.78, 5) is 14.7. The third-order valence-corrected chi connectivity index (χ3v) is 5.36. The predicted molar refractivity (Wildman–Crippen MR) is 103 cm³/mol. The third-order valence-electron chi connectivity index (χ3n) is 5.36. The Labute approximate surface area is 159 Å². The van der Waals surface area contributed by atoms with Gasteiger partial charge in [0.15, 0.2) is 0 Å². The van der Waals surface area contributed by atoms with E-state index >= 15 is 0 Å². The van der Waals surface area contributed by atoms with Gasteiger partial charge in [0, 0.05) is 13.0 Å². The minimum atomic E-state index is -0.164. The van der Waals surface area contributed by atoms with Gasteiger partial charge in [-0.3, -0.25) is 4.90 Å². The fraction of sp³-hybridized carbons (Fsp3) is 0.476. The van der Waals surface area contributed by atoms with Gasteiger partial charge in [-0.1, -0.05) is 24.6 Å². The number of likely N-dealkylation sites (tertiary alicyclic amines) is 1. The summed E-state index contributed by atoms with van der Waals surface area (Å²) < 4.78 is 11.5. The summed E-state index contributed by atoms with van der Waals surface area (Å²) in [5.41, 5.74) is 1.20. The van der Waals surface area contributed by atoms with Crippen LogP contribution in [0.25, 0.3) is 0 Å². The van der Waals surface area contributed by atoms with E-state index in [1.54, 1.807) is 6.26 Å². The van der Waals surface area contributed by atoms with Gasteiger partial charge in [0.1, 0.15) is 17.6 Å². The summed E-state index contributed by atoms with van der Waals surface area (Å²) in [6.07, 6.45) is 6.20. The zero-order chi connectivity index (χ0) is 18.5. The molecule has 6 nitrogen and oxygen atoms in total. The van der Waals surface area contributed by atoms with Crippen LogP contribution in [0.15, 0.2) is 47.1 Å². The van der Waals surface area contributed by atoms with Crippen LogP contribution in [0, 0.1) is 0 Å². The number of amides is 2. The summed E-state index contributed by atoms with van der Waals surface area (Å²) in [6.45, 7) is 3.12. The molecule has 2 amide bonds. The molecule has 3 heterocycles. The van der Waals surface area contributed by atoms with E-state index in [0.29, 0.717) is 13.1 Å². The van der Waals surface area contributed by atoms with Gasteiger partial charge in [0.05, 0.1) is 18.8 Å². The van der Waals surface area contributed by atoms with Crippen molar-refractivity contribution in [2.75, 3.05) is 26.2 Å². The van der Waals surface area contributed by atoms with Gasteiger partial charge in [-0.25, -0.2) is 4.79 Å². The molecule has 144 valence electrons. The molecule has 1 aromatic carbocycles. The molecule has 2 aromatic rings. The minimum Gasteiger partial charge on any atom is -0.488 e. The number of nitrogens with zero attached hydrogens (tertiary/aromatic N) is 1. The van der Waals surface area contributed by atoms with Gasteiger partial charge in [-0.05, 0) is 49.7 Å². The molecule has 0 saturated carbocycles. The van der Waals surface area contributed by atoms with Crippen molar-refractivity contribution < 1.29 is 13.9 Å². The second-order valence-electron chi connectivity index (χ2n) is 7.27. The van der Waals surface area contributed by atoms with Gasteiger partial charge in [0.25, 0.3) is 0 Å². The number of carbonyl (C=O) groups is 1.